The number of pyridine rings is 1. The van der Waals surface area contributed by atoms with Crippen molar-refractivity contribution in [3.63, 3.8) is 0 Å². The molecule has 0 spiro atoms. The average molecular weight is 333 g/mol. The van der Waals surface area contributed by atoms with Crippen LogP contribution in [0.2, 0.25) is 0 Å². The van der Waals surface area contributed by atoms with E-state index < -0.39 is 0 Å². The smallest absolute Gasteiger partial charge is 0.195 e. The summed E-state index contributed by atoms with van der Waals surface area (Å²) in [4.78, 5) is 22.7. The molecule has 0 saturated heterocycles. The third kappa shape index (κ3) is 2.17. The molecular formula is C19H15N3OS. The van der Waals surface area contributed by atoms with Crippen LogP contribution in [-0.4, -0.2) is 22.8 Å². The van der Waals surface area contributed by atoms with Crippen molar-refractivity contribution in [2.45, 2.75) is 6.92 Å². The molecule has 0 bridgehead atoms. The van der Waals surface area contributed by atoms with E-state index in [-0.39, 0.29) is 5.78 Å². The van der Waals surface area contributed by atoms with E-state index in [4.69, 9.17) is 0 Å². The molecule has 1 aliphatic carbocycles. The van der Waals surface area contributed by atoms with Crippen LogP contribution in [0.15, 0.2) is 48.2 Å². The lowest BCUT2D eigenvalue weighted by Gasteiger charge is -2.07. The fraction of sp³-hybridized carbons (Fsp3) is 0.105. The lowest BCUT2D eigenvalue weighted by atomic mass is 9.99. The molecule has 0 amide bonds. The minimum absolute atomic E-state index is 0.0397. The van der Waals surface area contributed by atoms with Gasteiger partial charge in [0.25, 0.3) is 0 Å². The standard InChI is InChI=1S/C19H15N3OS/c1-11-19(24-10-22-11)17-14-6-5-13(20-2)8-15(14)18(23)16(17)12-4-3-7-21-9-12/h3-10,20H,1-2H3. The minimum Gasteiger partial charge on any atom is -0.388 e. The van der Waals surface area contributed by atoms with E-state index in [0.29, 0.717) is 5.57 Å². The molecule has 24 heavy (non-hydrogen) atoms. The van der Waals surface area contributed by atoms with Gasteiger partial charge in [0.2, 0.25) is 0 Å². The number of rotatable bonds is 3. The highest BCUT2D eigenvalue weighted by Gasteiger charge is 2.33. The average Bonchev–Trinajstić information content (AvgIpc) is 3.16. The van der Waals surface area contributed by atoms with Crippen molar-refractivity contribution < 1.29 is 4.79 Å². The number of fused-ring (bicyclic) bond motifs is 1. The lowest BCUT2D eigenvalue weighted by Crippen LogP contribution is -2.00. The van der Waals surface area contributed by atoms with Gasteiger partial charge in [0.05, 0.1) is 16.1 Å². The first-order chi connectivity index (χ1) is 11.7. The summed E-state index contributed by atoms with van der Waals surface area (Å²) in [6, 6.07) is 9.71. The molecule has 2 aromatic heterocycles. The molecule has 4 rings (SSSR count). The fourth-order valence-corrected chi connectivity index (χ4v) is 3.92. The van der Waals surface area contributed by atoms with Gasteiger partial charge >= 0.3 is 0 Å². The van der Waals surface area contributed by atoms with E-state index in [0.717, 1.165) is 38.5 Å². The number of carbonyl (C=O) groups is 1. The van der Waals surface area contributed by atoms with Crippen molar-refractivity contribution in [1.82, 2.24) is 9.97 Å². The van der Waals surface area contributed by atoms with Crippen LogP contribution in [0.1, 0.15) is 32.1 Å². The van der Waals surface area contributed by atoms with Gasteiger partial charge in [-0.1, -0.05) is 12.1 Å². The zero-order valence-corrected chi connectivity index (χ0v) is 14.1. The Morgan fingerprint density at radius 3 is 2.67 bits per heavy atom. The molecule has 1 N–H and O–H groups in total. The summed E-state index contributed by atoms with van der Waals surface area (Å²) in [7, 11) is 1.85. The quantitative estimate of drug-likeness (QED) is 0.786. The van der Waals surface area contributed by atoms with E-state index in [1.54, 1.807) is 23.7 Å². The third-order valence-electron chi connectivity index (χ3n) is 4.22. The predicted molar refractivity (Wildman–Crippen MR) is 97.3 cm³/mol. The van der Waals surface area contributed by atoms with Gasteiger partial charge in [-0.2, -0.15) is 0 Å². The zero-order chi connectivity index (χ0) is 16.7. The largest absolute Gasteiger partial charge is 0.388 e. The number of hydrogen-bond donors (Lipinski definition) is 1. The van der Waals surface area contributed by atoms with Gasteiger partial charge in [0.15, 0.2) is 5.78 Å². The number of thiazole rings is 1. The summed E-state index contributed by atoms with van der Waals surface area (Å²) < 4.78 is 0. The molecule has 0 radical (unpaired) electrons. The summed E-state index contributed by atoms with van der Waals surface area (Å²) in [5.74, 6) is 0.0397. The molecule has 0 aliphatic heterocycles. The third-order valence-corrected chi connectivity index (χ3v) is 5.17. The van der Waals surface area contributed by atoms with E-state index in [1.165, 1.54) is 0 Å². The predicted octanol–water partition coefficient (Wildman–Crippen LogP) is 4.04. The van der Waals surface area contributed by atoms with Crippen LogP contribution in [0, 0.1) is 6.92 Å². The SMILES string of the molecule is CNc1ccc2c(c1)C(=O)C(c1cccnc1)=C2c1scnc1C. The van der Waals surface area contributed by atoms with Gasteiger partial charge < -0.3 is 5.32 Å². The van der Waals surface area contributed by atoms with Crippen molar-refractivity contribution in [1.29, 1.82) is 0 Å². The number of ketones is 1. The summed E-state index contributed by atoms with van der Waals surface area (Å²) in [6.45, 7) is 1.98. The van der Waals surface area contributed by atoms with Crippen molar-refractivity contribution in [3.8, 4) is 0 Å². The number of allylic oxidation sites excluding steroid dienone is 1. The molecule has 5 heteroatoms. The maximum atomic E-state index is 13.2. The van der Waals surface area contributed by atoms with Crippen LogP contribution in [0.5, 0.6) is 0 Å². The molecule has 1 aliphatic rings. The summed E-state index contributed by atoms with van der Waals surface area (Å²) in [5.41, 5.74) is 7.89. The topological polar surface area (TPSA) is 54.9 Å². The van der Waals surface area contributed by atoms with Crippen LogP contribution in [0.3, 0.4) is 0 Å². The monoisotopic (exact) mass is 333 g/mol. The number of aryl methyl sites for hydroxylation is 1. The number of aromatic nitrogens is 2. The Kier molecular flexibility index (Phi) is 3.50. The maximum absolute atomic E-state index is 13.2. The second kappa shape index (κ2) is 5.69. The van der Waals surface area contributed by atoms with E-state index in [1.807, 2.05) is 49.8 Å². The van der Waals surface area contributed by atoms with Gasteiger partial charge in [-0.25, -0.2) is 4.98 Å². The molecule has 3 aromatic rings. The molecule has 0 saturated carbocycles. The molecular weight excluding hydrogens is 318 g/mol. The molecule has 2 heterocycles. The second-order valence-electron chi connectivity index (χ2n) is 5.60. The molecule has 0 atom stereocenters. The van der Waals surface area contributed by atoms with Crippen molar-refractivity contribution in [2.75, 3.05) is 12.4 Å². The van der Waals surface area contributed by atoms with Crippen LogP contribution in [-0.2, 0) is 0 Å². The summed E-state index contributed by atoms with van der Waals surface area (Å²) in [6.07, 6.45) is 3.46. The number of anilines is 1. The number of nitrogens with one attached hydrogen (secondary N) is 1. The van der Waals surface area contributed by atoms with Crippen molar-refractivity contribution >= 4 is 34.0 Å². The Morgan fingerprint density at radius 1 is 1.12 bits per heavy atom. The highest BCUT2D eigenvalue weighted by Crippen LogP contribution is 2.44. The van der Waals surface area contributed by atoms with E-state index in [2.05, 4.69) is 15.3 Å². The highest BCUT2D eigenvalue weighted by atomic mass is 32.1. The lowest BCUT2D eigenvalue weighted by molar-refractivity contribution is 0.105. The Bertz CT molecular complexity index is 973. The Hall–Kier alpha value is -2.79. The van der Waals surface area contributed by atoms with Crippen LogP contribution in [0.25, 0.3) is 11.1 Å². The minimum atomic E-state index is 0.0397. The molecule has 118 valence electrons. The maximum Gasteiger partial charge on any atom is 0.195 e. The second-order valence-corrected chi connectivity index (χ2v) is 6.45. The van der Waals surface area contributed by atoms with Crippen molar-refractivity contribution in [3.05, 3.63) is 75.5 Å². The molecule has 1 aromatic carbocycles. The van der Waals surface area contributed by atoms with E-state index in [9.17, 15) is 4.79 Å². The first-order valence-electron chi connectivity index (χ1n) is 7.62. The highest BCUT2D eigenvalue weighted by molar-refractivity contribution is 7.11. The van der Waals surface area contributed by atoms with Crippen LogP contribution >= 0.6 is 11.3 Å². The Morgan fingerprint density at radius 2 is 2.00 bits per heavy atom. The van der Waals surface area contributed by atoms with Gasteiger partial charge in [-0.15, -0.1) is 11.3 Å². The van der Waals surface area contributed by atoms with Gasteiger partial charge in [0, 0.05) is 47.4 Å². The molecule has 4 nitrogen and oxygen atoms in total. The number of hydrogen-bond acceptors (Lipinski definition) is 5. The number of benzene rings is 1. The zero-order valence-electron chi connectivity index (χ0n) is 13.3. The van der Waals surface area contributed by atoms with Crippen LogP contribution < -0.4 is 5.32 Å². The van der Waals surface area contributed by atoms with Gasteiger partial charge in [0.1, 0.15) is 0 Å². The summed E-state index contributed by atoms with van der Waals surface area (Å²) in [5, 5.41) is 3.10. The normalized spacial score (nSPS) is 13.3. The Balaban J connectivity index is 2.03. The fourth-order valence-electron chi connectivity index (χ4n) is 3.05. The van der Waals surface area contributed by atoms with Crippen molar-refractivity contribution in [2.24, 2.45) is 0 Å². The number of carbonyl (C=O) groups excluding carboxylic acids is 1. The first-order valence-corrected chi connectivity index (χ1v) is 8.50. The molecule has 0 unspecified atom stereocenters. The van der Waals surface area contributed by atoms with Gasteiger partial charge in [-0.05, 0) is 30.7 Å². The molecule has 0 fully saturated rings. The summed E-state index contributed by atoms with van der Waals surface area (Å²) >= 11 is 1.56. The Labute approximate surface area is 143 Å². The van der Waals surface area contributed by atoms with Crippen LogP contribution in [0.4, 0.5) is 5.69 Å². The number of nitrogens with zero attached hydrogens (tertiary/aromatic N) is 2. The first kappa shape index (κ1) is 14.8. The van der Waals surface area contributed by atoms with E-state index >= 15 is 0 Å². The van der Waals surface area contributed by atoms with Gasteiger partial charge in [-0.3, -0.25) is 9.78 Å². The number of Topliss-reactive ketones (excluding diaryl/α,β-unsaturated/α-hetero) is 1.